The van der Waals surface area contributed by atoms with Crippen molar-refractivity contribution in [3.63, 3.8) is 0 Å². The lowest BCUT2D eigenvalue weighted by Crippen LogP contribution is -2.81. The van der Waals surface area contributed by atoms with Crippen LogP contribution in [0.25, 0.3) is 0 Å². The summed E-state index contributed by atoms with van der Waals surface area (Å²) >= 11 is 0. The SMILES string of the molecule is N=C1NC2C(CN3C(=O)CN(c4ccccc4)C3=O)NC(=N)N3C[C@H](NC(=O)c4cccc5c4CCC5)C(O)(O)C23N1. The van der Waals surface area contributed by atoms with Crippen molar-refractivity contribution in [2.45, 2.75) is 48.8 Å². The summed E-state index contributed by atoms with van der Waals surface area (Å²) < 4.78 is 0. The van der Waals surface area contributed by atoms with E-state index in [0.717, 1.165) is 35.3 Å². The summed E-state index contributed by atoms with van der Waals surface area (Å²) in [6, 6.07) is 10.7. The Morgan fingerprint density at radius 3 is 2.62 bits per heavy atom. The molecule has 5 aliphatic rings. The number of imide groups is 1. The van der Waals surface area contributed by atoms with Crippen LogP contribution in [0.1, 0.15) is 27.9 Å². The van der Waals surface area contributed by atoms with E-state index in [-0.39, 0.29) is 31.6 Å². The molecule has 4 aliphatic heterocycles. The maximum Gasteiger partial charge on any atom is 0.331 e. The molecule has 4 saturated heterocycles. The second-order valence-electron chi connectivity index (χ2n) is 11.4. The molecule has 42 heavy (non-hydrogen) atoms. The zero-order chi connectivity index (χ0) is 29.4. The molecule has 2 aromatic carbocycles. The summed E-state index contributed by atoms with van der Waals surface area (Å²) in [4.78, 5) is 43.5. The zero-order valence-electron chi connectivity index (χ0n) is 22.6. The number of anilines is 1. The van der Waals surface area contributed by atoms with Gasteiger partial charge in [0.05, 0.1) is 18.6 Å². The zero-order valence-corrected chi connectivity index (χ0v) is 22.6. The Morgan fingerprint density at radius 1 is 1.05 bits per heavy atom. The molecule has 4 fully saturated rings. The van der Waals surface area contributed by atoms with Crippen LogP contribution in [0, 0.1) is 10.8 Å². The summed E-state index contributed by atoms with van der Waals surface area (Å²) in [5.41, 5.74) is 1.24. The Morgan fingerprint density at radius 2 is 1.83 bits per heavy atom. The minimum Gasteiger partial charge on any atom is -0.361 e. The van der Waals surface area contributed by atoms with E-state index in [4.69, 9.17) is 10.8 Å². The van der Waals surface area contributed by atoms with Crippen molar-refractivity contribution in [1.82, 2.24) is 31.1 Å². The lowest BCUT2D eigenvalue weighted by Gasteiger charge is -2.51. The van der Waals surface area contributed by atoms with E-state index in [1.807, 2.05) is 12.1 Å². The van der Waals surface area contributed by atoms with E-state index < -0.39 is 47.4 Å². The lowest BCUT2D eigenvalue weighted by atomic mass is 9.84. The molecule has 2 aromatic rings. The van der Waals surface area contributed by atoms with Crippen LogP contribution in [0.15, 0.2) is 48.5 Å². The highest BCUT2D eigenvalue weighted by molar-refractivity contribution is 6.12. The van der Waals surface area contributed by atoms with Crippen molar-refractivity contribution in [1.29, 1.82) is 10.8 Å². The molecule has 4 heterocycles. The van der Waals surface area contributed by atoms with Crippen molar-refractivity contribution < 1.29 is 24.6 Å². The number of nitrogens with one attached hydrogen (secondary N) is 6. The highest BCUT2D eigenvalue weighted by Crippen LogP contribution is 2.43. The van der Waals surface area contributed by atoms with Crippen LogP contribution in [0.4, 0.5) is 10.5 Å². The second-order valence-corrected chi connectivity index (χ2v) is 11.4. The number of hydrogen-bond acceptors (Lipinski definition) is 7. The van der Waals surface area contributed by atoms with Crippen molar-refractivity contribution in [2.75, 3.05) is 24.5 Å². The fourth-order valence-corrected chi connectivity index (χ4v) is 7.13. The molecule has 0 radical (unpaired) electrons. The van der Waals surface area contributed by atoms with Crippen LogP contribution >= 0.6 is 0 Å². The number of amides is 4. The van der Waals surface area contributed by atoms with E-state index in [0.29, 0.717) is 11.3 Å². The Hall–Kier alpha value is -4.69. The number of aliphatic hydroxyl groups is 2. The van der Waals surface area contributed by atoms with Gasteiger partial charge in [0.25, 0.3) is 11.8 Å². The number of fused-ring (bicyclic) bond motifs is 1. The number of urea groups is 1. The molecule has 0 aromatic heterocycles. The number of para-hydroxylation sites is 1. The van der Waals surface area contributed by atoms with E-state index in [1.54, 1.807) is 36.4 Å². The highest BCUT2D eigenvalue weighted by Gasteiger charge is 2.74. The number of carbonyl (C=O) groups excluding carboxylic acids is 3. The molecule has 0 saturated carbocycles. The van der Waals surface area contributed by atoms with Gasteiger partial charge in [-0.3, -0.25) is 30.2 Å². The number of benzene rings is 2. The highest BCUT2D eigenvalue weighted by atomic mass is 16.5. The Labute approximate surface area is 240 Å². The quantitative estimate of drug-likeness (QED) is 0.161. The average molecular weight is 574 g/mol. The number of carbonyl (C=O) groups is 3. The van der Waals surface area contributed by atoms with Crippen LogP contribution < -0.4 is 26.2 Å². The number of hydrogen-bond donors (Lipinski definition) is 8. The summed E-state index contributed by atoms with van der Waals surface area (Å²) in [7, 11) is 0. The first-order valence-electron chi connectivity index (χ1n) is 13.9. The van der Waals surface area contributed by atoms with Gasteiger partial charge in [0.15, 0.2) is 17.6 Å². The molecule has 1 aliphatic carbocycles. The molecule has 0 bridgehead atoms. The number of rotatable bonds is 5. The molecule has 8 N–H and O–H groups in total. The van der Waals surface area contributed by atoms with Crippen molar-refractivity contribution in [3.8, 4) is 0 Å². The summed E-state index contributed by atoms with van der Waals surface area (Å²) in [5, 5.41) is 52.0. The first kappa shape index (κ1) is 26.2. The fourth-order valence-electron chi connectivity index (χ4n) is 7.13. The van der Waals surface area contributed by atoms with Crippen molar-refractivity contribution in [2.24, 2.45) is 0 Å². The van der Waals surface area contributed by atoms with Gasteiger partial charge in [0.1, 0.15) is 12.6 Å². The molecule has 14 nitrogen and oxygen atoms in total. The molecule has 7 rings (SSSR count). The lowest BCUT2D eigenvalue weighted by molar-refractivity contribution is -0.232. The van der Waals surface area contributed by atoms with Gasteiger partial charge in [-0.1, -0.05) is 30.3 Å². The van der Waals surface area contributed by atoms with Gasteiger partial charge < -0.3 is 36.4 Å². The van der Waals surface area contributed by atoms with Gasteiger partial charge in [0.2, 0.25) is 5.79 Å². The van der Waals surface area contributed by atoms with Crippen LogP contribution in [-0.2, 0) is 17.6 Å². The van der Waals surface area contributed by atoms with E-state index in [1.165, 1.54) is 9.80 Å². The summed E-state index contributed by atoms with van der Waals surface area (Å²) in [5.74, 6) is -3.99. The predicted octanol–water partition coefficient (Wildman–Crippen LogP) is -1.16. The second kappa shape index (κ2) is 9.16. The average Bonchev–Trinajstić information content (AvgIpc) is 3.71. The molecule has 218 valence electrons. The Kier molecular flexibility index (Phi) is 5.72. The normalized spacial score (nSPS) is 29.1. The van der Waals surface area contributed by atoms with E-state index in [9.17, 15) is 24.6 Å². The maximum atomic E-state index is 13.4. The van der Waals surface area contributed by atoms with E-state index in [2.05, 4.69) is 21.3 Å². The maximum absolute atomic E-state index is 13.4. The standard InChI is InChI=1S/C28H31N9O5/c29-24-33-22-19(12-36-21(38)14-35(26(36)40)16-8-2-1-3-9-16)31-25(30)37-13-20(28(41,42)27(22,37)34-24)32-23(39)18-11-5-7-15-6-4-10-17(15)18/h1-3,5,7-9,11,19-20,22,41-42H,4,6,10,12-14H2,(H2,30,31)(H,32,39)(H3,29,33,34)/t19?,20-,22?,27?/m0/s1. The van der Waals surface area contributed by atoms with Crippen LogP contribution in [0.5, 0.6) is 0 Å². The van der Waals surface area contributed by atoms with Crippen molar-refractivity contribution >= 4 is 35.5 Å². The van der Waals surface area contributed by atoms with Gasteiger partial charge in [-0.25, -0.2) is 4.79 Å². The number of nitrogens with zero attached hydrogens (tertiary/aromatic N) is 3. The summed E-state index contributed by atoms with van der Waals surface area (Å²) in [6.45, 7) is -0.499. The van der Waals surface area contributed by atoms with Crippen molar-refractivity contribution in [3.05, 3.63) is 65.2 Å². The Balaban J connectivity index is 1.16. The first-order valence-corrected chi connectivity index (χ1v) is 13.9. The van der Waals surface area contributed by atoms with Gasteiger partial charge in [-0.2, -0.15) is 0 Å². The molecule has 4 atom stereocenters. The van der Waals surface area contributed by atoms with E-state index >= 15 is 0 Å². The van der Waals surface area contributed by atoms with Gasteiger partial charge in [0, 0.05) is 17.8 Å². The molecule has 14 heteroatoms. The smallest absolute Gasteiger partial charge is 0.331 e. The third kappa shape index (κ3) is 3.61. The van der Waals surface area contributed by atoms with Crippen LogP contribution in [0.3, 0.4) is 0 Å². The number of aryl methyl sites for hydroxylation is 1. The molecule has 4 amide bonds. The number of guanidine groups is 2. The summed E-state index contributed by atoms with van der Waals surface area (Å²) in [6.07, 6.45) is 2.59. The van der Waals surface area contributed by atoms with Crippen LogP contribution in [-0.4, -0.2) is 99.0 Å². The predicted molar refractivity (Wildman–Crippen MR) is 150 cm³/mol. The molecule has 3 unspecified atom stereocenters. The van der Waals surface area contributed by atoms with Gasteiger partial charge >= 0.3 is 6.03 Å². The minimum absolute atomic E-state index is 0.145. The Bertz CT molecular complexity index is 1530. The van der Waals surface area contributed by atoms with Crippen LogP contribution in [0.2, 0.25) is 0 Å². The topological polar surface area (TPSA) is 197 Å². The first-order chi connectivity index (χ1) is 20.1. The minimum atomic E-state index is -2.66. The molecular weight excluding hydrogens is 542 g/mol. The molecule has 1 spiro atoms. The largest absolute Gasteiger partial charge is 0.361 e. The third-order valence-electron chi connectivity index (χ3n) is 9.10. The monoisotopic (exact) mass is 573 g/mol. The molecular formula is C28H31N9O5. The van der Waals surface area contributed by atoms with Gasteiger partial charge in [-0.05, 0) is 48.6 Å². The third-order valence-corrected chi connectivity index (χ3v) is 9.10. The fraction of sp³-hybridized carbons (Fsp3) is 0.393. The van der Waals surface area contributed by atoms with Gasteiger partial charge in [-0.15, -0.1) is 0 Å².